The van der Waals surface area contributed by atoms with Crippen molar-refractivity contribution in [3.05, 3.63) is 17.5 Å². The molecule has 1 amide bonds. The van der Waals surface area contributed by atoms with E-state index in [-0.39, 0.29) is 17.5 Å². The third-order valence-electron chi connectivity index (χ3n) is 6.73. The maximum Gasteiger partial charge on any atom is 0.339 e. The number of piperidine rings is 1. The lowest BCUT2D eigenvalue weighted by atomic mass is 9.81. The van der Waals surface area contributed by atoms with E-state index in [1.54, 1.807) is 0 Å². The minimum absolute atomic E-state index is 0.176. The van der Waals surface area contributed by atoms with Crippen LogP contribution in [0.1, 0.15) is 93.2 Å². The zero-order valence-electron chi connectivity index (χ0n) is 17.4. The predicted molar refractivity (Wildman–Crippen MR) is 108 cm³/mol. The first-order valence-electron chi connectivity index (χ1n) is 11.1. The van der Waals surface area contributed by atoms with E-state index in [4.69, 9.17) is 0 Å². The average Bonchev–Trinajstić information content (AvgIpc) is 3.10. The van der Waals surface area contributed by atoms with Crippen molar-refractivity contribution >= 4 is 11.9 Å². The Balaban J connectivity index is 1.57. The monoisotopic (exact) mass is 389 g/mol. The molecule has 6 heteroatoms. The van der Waals surface area contributed by atoms with Gasteiger partial charge >= 0.3 is 5.97 Å². The summed E-state index contributed by atoms with van der Waals surface area (Å²) in [6.07, 6.45) is 12.8. The highest BCUT2D eigenvalue weighted by atomic mass is 16.4. The lowest BCUT2D eigenvalue weighted by molar-refractivity contribution is -0.137. The summed E-state index contributed by atoms with van der Waals surface area (Å²) in [6.45, 7) is 5.48. The quantitative estimate of drug-likeness (QED) is 0.748. The van der Waals surface area contributed by atoms with Gasteiger partial charge in [-0.25, -0.2) is 4.79 Å². The molecular weight excluding hydrogens is 354 g/mol. The number of hydrogen-bond acceptors (Lipinski definition) is 3. The molecule has 0 bridgehead atoms. The summed E-state index contributed by atoms with van der Waals surface area (Å²) in [4.78, 5) is 26.5. The molecule has 2 heterocycles. The second-order valence-corrected chi connectivity index (χ2v) is 8.68. The Kier molecular flexibility index (Phi) is 7.13. The van der Waals surface area contributed by atoms with E-state index in [0.29, 0.717) is 11.6 Å². The van der Waals surface area contributed by atoms with Crippen LogP contribution < -0.4 is 0 Å². The largest absolute Gasteiger partial charge is 0.478 e. The molecular formula is C22H35N3O3. The first-order valence-corrected chi connectivity index (χ1v) is 11.1. The van der Waals surface area contributed by atoms with Gasteiger partial charge in [-0.05, 0) is 38.5 Å². The number of carbonyl (C=O) groups is 2. The van der Waals surface area contributed by atoms with Gasteiger partial charge in [0.1, 0.15) is 5.56 Å². The molecule has 1 aliphatic carbocycles. The van der Waals surface area contributed by atoms with Gasteiger partial charge < -0.3 is 10.0 Å². The van der Waals surface area contributed by atoms with E-state index < -0.39 is 5.97 Å². The fraction of sp³-hybridized carbons (Fsp3) is 0.773. The van der Waals surface area contributed by atoms with Crippen LogP contribution in [0, 0.1) is 18.8 Å². The highest BCUT2D eigenvalue weighted by Crippen LogP contribution is 2.32. The fourth-order valence-electron chi connectivity index (χ4n) is 5.11. The van der Waals surface area contributed by atoms with Crippen LogP contribution in [0.15, 0.2) is 6.20 Å². The number of carbonyl (C=O) groups excluding carboxylic acids is 1. The standard InChI is InChI=1S/C22H35N3O3/c1-3-7-18(14-17-8-5-4-6-9-17)21(26)24-12-10-19(11-13-24)25-16(2)20(15-23-25)22(27)28/h15,17-19H,3-14H2,1-2H3,(H,27,28). The summed E-state index contributed by atoms with van der Waals surface area (Å²) in [5.74, 6) is 0.318. The smallest absolute Gasteiger partial charge is 0.339 e. The number of rotatable bonds is 7. The van der Waals surface area contributed by atoms with Crippen LogP contribution in [-0.4, -0.2) is 44.8 Å². The highest BCUT2D eigenvalue weighted by Gasteiger charge is 2.31. The summed E-state index contributed by atoms with van der Waals surface area (Å²) in [5, 5.41) is 13.5. The molecule has 1 aromatic heterocycles. The normalized spacial score (nSPS) is 20.3. The van der Waals surface area contributed by atoms with Crippen LogP contribution in [0.5, 0.6) is 0 Å². The molecule has 1 atom stereocenters. The van der Waals surface area contributed by atoms with E-state index in [1.165, 1.54) is 38.3 Å². The molecule has 1 aromatic rings. The van der Waals surface area contributed by atoms with E-state index in [1.807, 2.05) is 11.6 Å². The van der Waals surface area contributed by atoms with Crippen LogP contribution in [-0.2, 0) is 4.79 Å². The Morgan fingerprint density at radius 2 is 1.86 bits per heavy atom. The number of nitrogens with zero attached hydrogens (tertiary/aromatic N) is 3. The number of carboxylic acid groups (broad SMARTS) is 1. The molecule has 1 saturated carbocycles. The third kappa shape index (κ3) is 4.76. The number of carboxylic acids is 1. The molecule has 1 saturated heterocycles. The summed E-state index contributed by atoms with van der Waals surface area (Å²) >= 11 is 0. The molecule has 1 unspecified atom stereocenters. The topological polar surface area (TPSA) is 75.4 Å². The second-order valence-electron chi connectivity index (χ2n) is 8.68. The third-order valence-corrected chi connectivity index (χ3v) is 6.73. The van der Waals surface area contributed by atoms with E-state index >= 15 is 0 Å². The van der Waals surface area contributed by atoms with Crippen LogP contribution in [0.2, 0.25) is 0 Å². The molecule has 1 N–H and O–H groups in total. The molecule has 0 radical (unpaired) electrons. The van der Waals surface area contributed by atoms with Crippen LogP contribution in [0.25, 0.3) is 0 Å². The first kappa shape index (κ1) is 20.9. The van der Waals surface area contributed by atoms with E-state index in [0.717, 1.165) is 51.1 Å². The zero-order valence-corrected chi connectivity index (χ0v) is 17.4. The Hall–Kier alpha value is -1.85. The maximum absolute atomic E-state index is 13.2. The van der Waals surface area contributed by atoms with E-state index in [2.05, 4.69) is 16.9 Å². The maximum atomic E-state index is 13.2. The molecule has 1 aliphatic heterocycles. The van der Waals surface area contributed by atoms with Crippen molar-refractivity contribution in [3.8, 4) is 0 Å². The van der Waals surface area contributed by atoms with Crippen molar-refractivity contribution in [1.82, 2.24) is 14.7 Å². The summed E-state index contributed by atoms with van der Waals surface area (Å²) < 4.78 is 1.84. The fourth-order valence-corrected chi connectivity index (χ4v) is 5.11. The summed E-state index contributed by atoms with van der Waals surface area (Å²) in [5.41, 5.74) is 0.979. The average molecular weight is 390 g/mol. The van der Waals surface area contributed by atoms with Crippen molar-refractivity contribution < 1.29 is 14.7 Å². The minimum atomic E-state index is -0.929. The molecule has 28 heavy (non-hydrogen) atoms. The van der Waals surface area contributed by atoms with E-state index in [9.17, 15) is 14.7 Å². The minimum Gasteiger partial charge on any atom is -0.478 e. The Bertz CT molecular complexity index is 671. The van der Waals surface area contributed by atoms with Crippen LogP contribution >= 0.6 is 0 Å². The first-order chi connectivity index (χ1) is 13.5. The zero-order chi connectivity index (χ0) is 20.1. The molecule has 2 aliphatic rings. The highest BCUT2D eigenvalue weighted by molar-refractivity contribution is 5.88. The van der Waals surface area contributed by atoms with Crippen LogP contribution in [0.4, 0.5) is 0 Å². The van der Waals surface area contributed by atoms with Crippen molar-refractivity contribution in [2.75, 3.05) is 13.1 Å². The summed E-state index contributed by atoms with van der Waals surface area (Å²) in [7, 11) is 0. The lowest BCUT2D eigenvalue weighted by Gasteiger charge is -2.36. The summed E-state index contributed by atoms with van der Waals surface area (Å²) in [6, 6.07) is 0.181. The van der Waals surface area contributed by atoms with Gasteiger partial charge in [-0.3, -0.25) is 9.48 Å². The lowest BCUT2D eigenvalue weighted by Crippen LogP contribution is -2.43. The molecule has 0 spiro atoms. The van der Waals surface area contributed by atoms with Crippen molar-refractivity contribution in [1.29, 1.82) is 0 Å². The molecule has 3 rings (SSSR count). The Morgan fingerprint density at radius 3 is 2.43 bits per heavy atom. The van der Waals surface area contributed by atoms with Crippen molar-refractivity contribution in [3.63, 3.8) is 0 Å². The SMILES string of the molecule is CCCC(CC1CCCCC1)C(=O)N1CCC(n2ncc(C(=O)O)c2C)CC1. The molecule has 156 valence electrons. The van der Waals surface area contributed by atoms with Crippen molar-refractivity contribution in [2.24, 2.45) is 11.8 Å². The van der Waals surface area contributed by atoms with Gasteiger partial charge in [0.25, 0.3) is 0 Å². The molecule has 0 aromatic carbocycles. The van der Waals surface area contributed by atoms with Gasteiger partial charge in [0, 0.05) is 19.0 Å². The van der Waals surface area contributed by atoms with Gasteiger partial charge in [-0.2, -0.15) is 5.10 Å². The predicted octanol–water partition coefficient (Wildman–Crippen LogP) is 4.44. The number of aromatic nitrogens is 2. The Labute approximate surface area is 168 Å². The van der Waals surface area contributed by atoms with Gasteiger partial charge in [-0.1, -0.05) is 45.4 Å². The van der Waals surface area contributed by atoms with Gasteiger partial charge in [0.15, 0.2) is 0 Å². The van der Waals surface area contributed by atoms with Crippen molar-refractivity contribution in [2.45, 2.75) is 84.1 Å². The van der Waals surface area contributed by atoms with Gasteiger partial charge in [0.2, 0.25) is 5.91 Å². The van der Waals surface area contributed by atoms with Gasteiger partial charge in [-0.15, -0.1) is 0 Å². The van der Waals surface area contributed by atoms with Gasteiger partial charge in [0.05, 0.1) is 17.9 Å². The molecule has 2 fully saturated rings. The van der Waals surface area contributed by atoms with Crippen LogP contribution in [0.3, 0.4) is 0 Å². The Morgan fingerprint density at radius 1 is 1.18 bits per heavy atom. The molecule has 6 nitrogen and oxygen atoms in total. The number of hydrogen-bond donors (Lipinski definition) is 1. The number of amides is 1. The number of likely N-dealkylation sites (tertiary alicyclic amines) is 1. The second kappa shape index (κ2) is 9.57. The number of aromatic carboxylic acids is 1.